The molecule has 0 atom stereocenters. The van der Waals surface area contributed by atoms with Gasteiger partial charge in [0.15, 0.2) is 11.5 Å². The van der Waals surface area contributed by atoms with Crippen LogP contribution in [-0.4, -0.2) is 13.0 Å². The van der Waals surface area contributed by atoms with E-state index >= 15 is 0 Å². The van der Waals surface area contributed by atoms with Gasteiger partial charge < -0.3 is 14.8 Å². The quantitative estimate of drug-likeness (QED) is 0.218. The van der Waals surface area contributed by atoms with E-state index in [4.69, 9.17) is 9.47 Å². The van der Waals surface area contributed by atoms with Crippen molar-refractivity contribution in [2.45, 2.75) is 20.0 Å². The van der Waals surface area contributed by atoms with Gasteiger partial charge in [-0.05, 0) is 70.0 Å². The maximum Gasteiger partial charge on any atom is 0.266 e. The maximum atomic E-state index is 12.7. The molecule has 3 aromatic carbocycles. The lowest BCUT2D eigenvalue weighted by Gasteiger charge is -2.14. The number of nitriles is 1. The summed E-state index contributed by atoms with van der Waals surface area (Å²) in [5, 5.41) is 12.4. The molecule has 1 amide bonds. The number of carbonyl (C=O) groups excluding carboxylic acids is 1. The average molecular weight is 538 g/mol. The van der Waals surface area contributed by atoms with Crippen molar-refractivity contribution in [3.63, 3.8) is 0 Å². The number of aryl methyl sites for hydroxylation is 1. The molecule has 162 valence electrons. The van der Waals surface area contributed by atoms with Crippen LogP contribution in [0.1, 0.15) is 23.6 Å². The number of hydrogen-bond donors (Lipinski definition) is 1. The maximum absolute atomic E-state index is 12.7. The van der Waals surface area contributed by atoms with Gasteiger partial charge in [0.2, 0.25) is 0 Å². The molecule has 0 fully saturated rings. The molecule has 0 saturated heterocycles. The molecule has 1 N–H and O–H groups in total. The van der Waals surface area contributed by atoms with Crippen LogP contribution in [-0.2, 0) is 17.8 Å². The van der Waals surface area contributed by atoms with Crippen molar-refractivity contribution >= 4 is 40.3 Å². The van der Waals surface area contributed by atoms with E-state index in [1.165, 1.54) is 0 Å². The van der Waals surface area contributed by atoms with E-state index in [9.17, 15) is 10.1 Å². The number of hydrogen-bond acceptors (Lipinski definition) is 4. The van der Waals surface area contributed by atoms with Crippen molar-refractivity contribution in [3.05, 3.63) is 92.6 Å². The van der Waals surface area contributed by atoms with Crippen LogP contribution in [0.5, 0.6) is 11.5 Å². The van der Waals surface area contributed by atoms with Crippen molar-refractivity contribution in [2.24, 2.45) is 0 Å². The third kappa shape index (κ3) is 5.89. The number of nitrogens with one attached hydrogen (secondary N) is 1. The SMILES string of the molecule is CCc1ccccc1NC(=O)/C(C#N)=C/c1cc(I)c(OCc2ccccc2)c(OC)c1. The Morgan fingerprint density at radius 3 is 2.53 bits per heavy atom. The highest BCUT2D eigenvalue weighted by Gasteiger charge is 2.15. The Balaban J connectivity index is 1.83. The summed E-state index contributed by atoms with van der Waals surface area (Å²) < 4.78 is 12.3. The molecule has 3 aromatic rings. The minimum Gasteiger partial charge on any atom is -0.493 e. The summed E-state index contributed by atoms with van der Waals surface area (Å²) in [4.78, 5) is 12.7. The molecule has 6 heteroatoms. The van der Waals surface area contributed by atoms with Crippen molar-refractivity contribution in [2.75, 3.05) is 12.4 Å². The lowest BCUT2D eigenvalue weighted by atomic mass is 10.1. The summed E-state index contributed by atoms with van der Waals surface area (Å²) in [5.74, 6) is 0.703. The molecule has 0 unspecified atom stereocenters. The fraction of sp³-hybridized carbons (Fsp3) is 0.154. The van der Waals surface area contributed by atoms with Crippen LogP contribution in [0.2, 0.25) is 0 Å². The highest BCUT2D eigenvalue weighted by Crippen LogP contribution is 2.35. The zero-order valence-electron chi connectivity index (χ0n) is 17.9. The smallest absolute Gasteiger partial charge is 0.266 e. The van der Waals surface area contributed by atoms with Gasteiger partial charge in [-0.1, -0.05) is 55.5 Å². The van der Waals surface area contributed by atoms with Gasteiger partial charge in [-0.15, -0.1) is 0 Å². The lowest BCUT2D eigenvalue weighted by Crippen LogP contribution is -2.14. The first kappa shape index (κ1) is 23.4. The second-order valence-electron chi connectivity index (χ2n) is 6.94. The standard InChI is InChI=1S/C26H23IN2O3/c1-3-20-11-7-8-12-23(20)29-26(30)21(16-28)13-19-14-22(27)25(24(15-19)31-2)32-17-18-9-5-4-6-10-18/h4-15H,3,17H2,1-2H3,(H,29,30)/b21-13+. The van der Waals surface area contributed by atoms with E-state index in [0.29, 0.717) is 29.4 Å². The highest BCUT2D eigenvalue weighted by atomic mass is 127. The van der Waals surface area contributed by atoms with Crippen LogP contribution in [0.4, 0.5) is 5.69 Å². The number of ether oxygens (including phenoxy) is 2. The number of carbonyl (C=O) groups is 1. The number of halogens is 1. The second kappa shape index (κ2) is 11.3. The van der Waals surface area contributed by atoms with Crippen LogP contribution in [0.3, 0.4) is 0 Å². The first-order valence-corrected chi connectivity index (χ1v) is 11.2. The highest BCUT2D eigenvalue weighted by molar-refractivity contribution is 14.1. The molecule has 0 aliphatic heterocycles. The summed E-state index contributed by atoms with van der Waals surface area (Å²) >= 11 is 2.16. The molecule has 0 saturated carbocycles. The van der Waals surface area contributed by atoms with Crippen LogP contribution >= 0.6 is 22.6 Å². The van der Waals surface area contributed by atoms with Gasteiger partial charge in [0.1, 0.15) is 18.2 Å². The number of benzene rings is 3. The number of nitrogens with zero attached hydrogens (tertiary/aromatic N) is 1. The zero-order valence-corrected chi connectivity index (χ0v) is 20.0. The summed E-state index contributed by atoms with van der Waals surface area (Å²) in [7, 11) is 1.56. The van der Waals surface area contributed by atoms with Gasteiger partial charge in [-0.3, -0.25) is 4.79 Å². The number of para-hydroxylation sites is 1. The molecule has 0 spiro atoms. The fourth-order valence-corrected chi connectivity index (χ4v) is 3.93. The molecule has 0 bridgehead atoms. The van der Waals surface area contributed by atoms with Gasteiger partial charge in [0, 0.05) is 5.69 Å². The summed E-state index contributed by atoms with van der Waals surface area (Å²) in [5.41, 5.74) is 3.44. The van der Waals surface area contributed by atoms with Gasteiger partial charge >= 0.3 is 0 Å². The third-order valence-electron chi connectivity index (χ3n) is 4.80. The largest absolute Gasteiger partial charge is 0.493 e. The van der Waals surface area contributed by atoms with Gasteiger partial charge in [-0.2, -0.15) is 5.26 Å². The van der Waals surface area contributed by atoms with Gasteiger partial charge in [0.05, 0.1) is 10.7 Å². The molecule has 3 rings (SSSR count). The minimum absolute atomic E-state index is 0.00622. The fourth-order valence-electron chi connectivity index (χ4n) is 3.15. The van der Waals surface area contributed by atoms with Crippen molar-refractivity contribution in [3.8, 4) is 17.6 Å². The summed E-state index contributed by atoms with van der Waals surface area (Å²) in [6.45, 7) is 2.42. The molecule has 0 radical (unpaired) electrons. The Hall–Kier alpha value is -3.31. The molecule has 32 heavy (non-hydrogen) atoms. The molecule has 0 aliphatic carbocycles. The molecular formula is C26H23IN2O3. The molecule has 0 heterocycles. The molecule has 0 aromatic heterocycles. The van der Waals surface area contributed by atoms with Crippen LogP contribution in [0.15, 0.2) is 72.3 Å². The topological polar surface area (TPSA) is 71.4 Å². The Bertz CT molecular complexity index is 1170. The number of anilines is 1. The number of methoxy groups -OCH3 is 1. The van der Waals surface area contributed by atoms with E-state index in [1.807, 2.05) is 73.7 Å². The third-order valence-corrected chi connectivity index (χ3v) is 5.60. The number of rotatable bonds is 8. The van der Waals surface area contributed by atoms with Crippen molar-refractivity contribution < 1.29 is 14.3 Å². The second-order valence-corrected chi connectivity index (χ2v) is 8.11. The predicted molar refractivity (Wildman–Crippen MR) is 135 cm³/mol. The van der Waals surface area contributed by atoms with Gasteiger partial charge in [0.25, 0.3) is 5.91 Å². The van der Waals surface area contributed by atoms with E-state index in [0.717, 1.165) is 21.1 Å². The Labute approximate surface area is 201 Å². The first-order valence-electron chi connectivity index (χ1n) is 10.1. The van der Waals surface area contributed by atoms with Gasteiger partial charge in [-0.25, -0.2) is 0 Å². The lowest BCUT2D eigenvalue weighted by molar-refractivity contribution is -0.112. The molecule has 5 nitrogen and oxygen atoms in total. The average Bonchev–Trinajstić information content (AvgIpc) is 2.82. The predicted octanol–water partition coefficient (Wildman–Crippen LogP) is 5.99. The normalized spacial score (nSPS) is 10.9. The van der Waals surface area contributed by atoms with Crippen molar-refractivity contribution in [1.29, 1.82) is 5.26 Å². The van der Waals surface area contributed by atoms with E-state index < -0.39 is 5.91 Å². The monoisotopic (exact) mass is 538 g/mol. The van der Waals surface area contributed by atoms with E-state index in [-0.39, 0.29) is 5.57 Å². The Morgan fingerprint density at radius 2 is 1.84 bits per heavy atom. The van der Waals surface area contributed by atoms with Crippen molar-refractivity contribution in [1.82, 2.24) is 0 Å². The number of amides is 1. The van der Waals surface area contributed by atoms with Crippen LogP contribution in [0, 0.1) is 14.9 Å². The summed E-state index contributed by atoms with van der Waals surface area (Å²) in [6.07, 6.45) is 2.33. The molecular weight excluding hydrogens is 515 g/mol. The minimum atomic E-state index is -0.452. The van der Waals surface area contributed by atoms with Crippen LogP contribution < -0.4 is 14.8 Å². The first-order chi connectivity index (χ1) is 15.5. The Morgan fingerprint density at radius 1 is 1.12 bits per heavy atom. The van der Waals surface area contributed by atoms with Crippen LogP contribution in [0.25, 0.3) is 6.08 Å². The Kier molecular flexibility index (Phi) is 8.28. The molecule has 0 aliphatic rings. The summed E-state index contributed by atoms with van der Waals surface area (Å²) in [6, 6.07) is 23.0. The van der Waals surface area contributed by atoms with E-state index in [2.05, 4.69) is 27.9 Å². The van der Waals surface area contributed by atoms with E-state index in [1.54, 1.807) is 19.3 Å². The zero-order chi connectivity index (χ0) is 22.9.